The van der Waals surface area contributed by atoms with E-state index in [0.29, 0.717) is 23.8 Å². The third kappa shape index (κ3) is 6.67. The fraction of sp³-hybridized carbons (Fsp3) is 0.650. The smallest absolute Gasteiger partial charge is 0.193 e. The molecule has 3 N–H and O–H groups in total. The maximum absolute atomic E-state index is 6.14. The number of nitrogens with zero attached hydrogens (tertiary/aromatic N) is 2. The van der Waals surface area contributed by atoms with Gasteiger partial charge in [0.05, 0.1) is 19.8 Å². The van der Waals surface area contributed by atoms with E-state index in [-0.39, 0.29) is 0 Å². The normalized spacial score (nSPS) is 17.9. The molecule has 1 unspecified atom stereocenters. The van der Waals surface area contributed by atoms with E-state index in [0.717, 1.165) is 45.0 Å². The van der Waals surface area contributed by atoms with Gasteiger partial charge in [-0.2, -0.15) is 0 Å². The first-order valence-electron chi connectivity index (χ1n) is 9.44. The molecule has 0 aromatic heterocycles. The minimum atomic E-state index is 0.422. The Kier molecular flexibility index (Phi) is 7.72. The van der Waals surface area contributed by atoms with Crippen molar-refractivity contribution < 1.29 is 4.74 Å². The van der Waals surface area contributed by atoms with Gasteiger partial charge in [0.15, 0.2) is 5.96 Å². The van der Waals surface area contributed by atoms with Gasteiger partial charge in [0.2, 0.25) is 0 Å². The molecule has 0 aliphatic carbocycles. The van der Waals surface area contributed by atoms with Gasteiger partial charge in [-0.05, 0) is 36.0 Å². The van der Waals surface area contributed by atoms with E-state index >= 15 is 0 Å². The van der Waals surface area contributed by atoms with E-state index in [4.69, 9.17) is 10.5 Å². The molecular weight excluding hydrogens is 312 g/mol. The number of morpholine rings is 1. The summed E-state index contributed by atoms with van der Waals surface area (Å²) in [5.41, 5.74) is 8.43. The molecular formula is C20H34N4O. The summed E-state index contributed by atoms with van der Waals surface area (Å²) in [4.78, 5) is 7.11. The van der Waals surface area contributed by atoms with Gasteiger partial charge < -0.3 is 15.8 Å². The number of hydrogen-bond donors (Lipinski definition) is 2. The molecule has 5 heteroatoms. The maximum atomic E-state index is 6.14. The van der Waals surface area contributed by atoms with Gasteiger partial charge in [0.25, 0.3) is 0 Å². The summed E-state index contributed by atoms with van der Waals surface area (Å²) in [7, 11) is 0. The first-order chi connectivity index (χ1) is 12.0. The van der Waals surface area contributed by atoms with Crippen LogP contribution in [0.3, 0.4) is 0 Å². The van der Waals surface area contributed by atoms with Gasteiger partial charge in [-0.15, -0.1) is 0 Å². The Morgan fingerprint density at radius 2 is 1.96 bits per heavy atom. The van der Waals surface area contributed by atoms with Crippen molar-refractivity contribution in [2.45, 2.75) is 46.1 Å². The van der Waals surface area contributed by atoms with Gasteiger partial charge in [-0.25, -0.2) is 0 Å². The van der Waals surface area contributed by atoms with Gasteiger partial charge in [0.1, 0.15) is 0 Å². The lowest BCUT2D eigenvalue weighted by Gasteiger charge is -2.34. The maximum Gasteiger partial charge on any atom is 0.193 e. The molecule has 25 heavy (non-hydrogen) atoms. The number of hydrogen-bond acceptors (Lipinski definition) is 3. The van der Waals surface area contributed by atoms with E-state index in [1.165, 1.54) is 5.56 Å². The molecule has 1 fully saturated rings. The number of nitrogens with two attached hydrogens (primary N) is 1. The summed E-state index contributed by atoms with van der Waals surface area (Å²) in [6, 6.07) is 8.79. The molecule has 1 saturated heterocycles. The van der Waals surface area contributed by atoms with E-state index in [1.54, 1.807) is 0 Å². The summed E-state index contributed by atoms with van der Waals surface area (Å²) >= 11 is 0. The average molecular weight is 347 g/mol. The van der Waals surface area contributed by atoms with E-state index in [9.17, 15) is 0 Å². The molecule has 1 heterocycles. The first kappa shape index (κ1) is 19.7. The molecule has 1 aliphatic rings. The highest BCUT2D eigenvalue weighted by molar-refractivity contribution is 5.92. The van der Waals surface area contributed by atoms with Crippen molar-refractivity contribution in [3.63, 3.8) is 0 Å². The highest BCUT2D eigenvalue weighted by atomic mass is 16.5. The van der Waals surface area contributed by atoms with Crippen LogP contribution in [0.25, 0.3) is 0 Å². The van der Waals surface area contributed by atoms with Crippen LogP contribution < -0.4 is 11.1 Å². The minimum absolute atomic E-state index is 0.422. The monoisotopic (exact) mass is 346 g/mol. The lowest BCUT2D eigenvalue weighted by molar-refractivity contribution is 0.0143. The molecule has 0 bridgehead atoms. The molecule has 2 rings (SSSR count). The predicted molar refractivity (Wildman–Crippen MR) is 106 cm³/mol. The zero-order chi connectivity index (χ0) is 18.2. The number of guanidine groups is 1. The van der Waals surface area contributed by atoms with E-state index < -0.39 is 0 Å². The number of ether oxygens (including phenoxy) is 1. The van der Waals surface area contributed by atoms with Crippen molar-refractivity contribution in [3.05, 3.63) is 29.8 Å². The third-order valence-electron chi connectivity index (χ3n) is 4.60. The van der Waals surface area contributed by atoms with Crippen molar-refractivity contribution >= 4 is 11.6 Å². The minimum Gasteiger partial charge on any atom is -0.379 e. The van der Waals surface area contributed by atoms with Gasteiger partial charge in [-0.3, -0.25) is 9.89 Å². The summed E-state index contributed by atoms with van der Waals surface area (Å²) in [6.45, 7) is 13.2. The second-order valence-electron chi connectivity index (χ2n) is 7.56. The Bertz CT molecular complexity index is 550. The van der Waals surface area contributed by atoms with Crippen LogP contribution in [0.15, 0.2) is 29.3 Å². The number of rotatable bonds is 7. The summed E-state index contributed by atoms with van der Waals surface area (Å²) in [5, 5.41) is 3.23. The fourth-order valence-electron chi connectivity index (χ4n) is 3.19. The Balaban J connectivity index is 1.97. The number of aliphatic imine (C=N–C) groups is 1. The van der Waals surface area contributed by atoms with Crippen LogP contribution in [0.2, 0.25) is 0 Å². The van der Waals surface area contributed by atoms with Gasteiger partial charge in [-0.1, -0.05) is 39.8 Å². The van der Waals surface area contributed by atoms with Crippen LogP contribution in [-0.2, 0) is 4.74 Å². The van der Waals surface area contributed by atoms with Crippen LogP contribution in [0.4, 0.5) is 5.69 Å². The van der Waals surface area contributed by atoms with Crippen LogP contribution in [0, 0.1) is 5.92 Å². The van der Waals surface area contributed by atoms with E-state index in [1.807, 2.05) is 6.07 Å². The molecule has 1 aromatic carbocycles. The Labute approximate surface area is 152 Å². The second-order valence-corrected chi connectivity index (χ2v) is 7.56. The van der Waals surface area contributed by atoms with Crippen LogP contribution in [-0.4, -0.2) is 49.7 Å². The van der Waals surface area contributed by atoms with Crippen LogP contribution in [0.1, 0.15) is 45.6 Å². The highest BCUT2D eigenvalue weighted by Gasteiger charge is 2.21. The Hall–Kier alpha value is -1.59. The van der Waals surface area contributed by atoms with Crippen LogP contribution >= 0.6 is 0 Å². The molecule has 5 nitrogen and oxygen atoms in total. The summed E-state index contributed by atoms with van der Waals surface area (Å²) in [5.74, 6) is 1.62. The molecule has 1 atom stereocenters. The molecule has 1 aromatic rings. The van der Waals surface area contributed by atoms with Crippen molar-refractivity contribution in [1.82, 2.24) is 4.90 Å². The number of nitrogens with one attached hydrogen (secondary N) is 1. The zero-order valence-corrected chi connectivity index (χ0v) is 16.2. The lowest BCUT2D eigenvalue weighted by atomic mass is 10.0. The molecule has 0 amide bonds. The summed E-state index contributed by atoms with van der Waals surface area (Å²) in [6.07, 6.45) is 1.12. The fourth-order valence-corrected chi connectivity index (χ4v) is 3.19. The Morgan fingerprint density at radius 1 is 1.24 bits per heavy atom. The molecule has 1 aliphatic heterocycles. The van der Waals surface area contributed by atoms with E-state index in [2.05, 4.69) is 61.1 Å². The summed E-state index contributed by atoms with van der Waals surface area (Å²) < 4.78 is 5.48. The number of anilines is 1. The molecule has 140 valence electrons. The van der Waals surface area contributed by atoms with Crippen molar-refractivity contribution in [3.8, 4) is 0 Å². The topological polar surface area (TPSA) is 62.9 Å². The largest absolute Gasteiger partial charge is 0.379 e. The van der Waals surface area contributed by atoms with Crippen molar-refractivity contribution in [2.75, 3.05) is 38.2 Å². The zero-order valence-electron chi connectivity index (χ0n) is 16.2. The molecule has 0 saturated carbocycles. The lowest BCUT2D eigenvalue weighted by Crippen LogP contribution is -2.45. The average Bonchev–Trinajstić information content (AvgIpc) is 2.59. The van der Waals surface area contributed by atoms with Crippen molar-refractivity contribution in [1.29, 1.82) is 0 Å². The number of benzene rings is 1. The quantitative estimate of drug-likeness (QED) is 0.587. The predicted octanol–water partition coefficient (Wildman–Crippen LogP) is 3.28. The van der Waals surface area contributed by atoms with Crippen molar-refractivity contribution in [2.24, 2.45) is 16.6 Å². The van der Waals surface area contributed by atoms with Gasteiger partial charge >= 0.3 is 0 Å². The highest BCUT2D eigenvalue weighted by Crippen LogP contribution is 2.18. The third-order valence-corrected chi connectivity index (χ3v) is 4.60. The first-order valence-corrected chi connectivity index (χ1v) is 9.44. The Morgan fingerprint density at radius 3 is 2.60 bits per heavy atom. The van der Waals surface area contributed by atoms with Crippen LogP contribution in [0.5, 0.6) is 0 Å². The van der Waals surface area contributed by atoms with Gasteiger partial charge in [0, 0.05) is 24.8 Å². The standard InChI is InChI=1S/C20H34N4O/c1-15(2)12-19(24-8-10-25-11-9-24)14-22-20(21)23-18-7-5-6-17(13-18)16(3)4/h5-7,13,15-16,19H,8-12,14H2,1-4H3,(H3,21,22,23). The SMILES string of the molecule is CC(C)CC(CN=C(N)Nc1cccc(C(C)C)c1)N1CCOCC1. The molecule has 0 spiro atoms. The second kappa shape index (κ2) is 9.78. The molecule has 0 radical (unpaired) electrons.